The van der Waals surface area contributed by atoms with Crippen LogP contribution >= 0.6 is 0 Å². The van der Waals surface area contributed by atoms with Gasteiger partial charge in [-0.2, -0.15) is 0 Å². The second kappa shape index (κ2) is 3.45. The molecule has 0 saturated heterocycles. The number of nitrogen functional groups attached to an aromatic ring is 1. The van der Waals surface area contributed by atoms with Crippen LogP contribution in [0.5, 0.6) is 0 Å². The molecule has 2 heterocycles. The average molecular weight is 221 g/mol. The van der Waals surface area contributed by atoms with Gasteiger partial charge in [-0.15, -0.1) is 0 Å². The molecular formula is C11H13N2O3-. The molecule has 5 nitrogen and oxygen atoms in total. The molecule has 5 heteroatoms. The summed E-state index contributed by atoms with van der Waals surface area (Å²) in [5, 5.41) is 10.8. The van der Waals surface area contributed by atoms with Gasteiger partial charge in [-0.25, -0.2) is 4.98 Å². The van der Waals surface area contributed by atoms with Crippen molar-refractivity contribution >= 4 is 11.8 Å². The summed E-state index contributed by atoms with van der Waals surface area (Å²) in [4.78, 5) is 14.9. The Kier molecular flexibility index (Phi) is 2.35. The number of aromatic nitrogens is 1. The topological polar surface area (TPSA) is 88.3 Å². The molecule has 0 bridgehead atoms. The Morgan fingerprint density at radius 2 is 2.31 bits per heavy atom. The van der Waals surface area contributed by atoms with E-state index >= 15 is 0 Å². The van der Waals surface area contributed by atoms with Crippen LogP contribution in [0.4, 0.5) is 5.82 Å². The summed E-state index contributed by atoms with van der Waals surface area (Å²) < 4.78 is 5.57. The summed E-state index contributed by atoms with van der Waals surface area (Å²) in [7, 11) is 0. The molecule has 0 aromatic carbocycles. The number of carbonyl (C=O) groups is 1. The molecule has 1 aliphatic rings. The Morgan fingerprint density at radius 3 is 2.94 bits per heavy atom. The van der Waals surface area contributed by atoms with Gasteiger partial charge in [0.15, 0.2) is 0 Å². The SMILES string of the molecule is CC1(C)Cc2nc(N)c(C(=O)[O-])cc2CO1. The van der Waals surface area contributed by atoms with Crippen molar-refractivity contribution in [2.45, 2.75) is 32.5 Å². The van der Waals surface area contributed by atoms with Crippen LogP contribution in [-0.2, 0) is 17.8 Å². The zero-order chi connectivity index (χ0) is 11.9. The Labute approximate surface area is 93.2 Å². The molecule has 16 heavy (non-hydrogen) atoms. The highest BCUT2D eigenvalue weighted by atomic mass is 16.5. The van der Waals surface area contributed by atoms with Crippen LogP contribution in [0.1, 0.15) is 35.5 Å². The normalized spacial score (nSPS) is 17.9. The van der Waals surface area contributed by atoms with Gasteiger partial charge >= 0.3 is 0 Å². The summed E-state index contributed by atoms with van der Waals surface area (Å²) in [6.07, 6.45) is 0.625. The fraction of sp³-hybridized carbons (Fsp3) is 0.455. The van der Waals surface area contributed by atoms with Gasteiger partial charge in [0.2, 0.25) is 0 Å². The van der Waals surface area contributed by atoms with E-state index in [2.05, 4.69) is 4.98 Å². The smallest absolute Gasteiger partial charge is 0.132 e. The van der Waals surface area contributed by atoms with Gasteiger partial charge in [0.05, 0.1) is 23.9 Å². The van der Waals surface area contributed by atoms with E-state index in [1.165, 1.54) is 6.07 Å². The molecule has 1 aromatic heterocycles. The lowest BCUT2D eigenvalue weighted by Gasteiger charge is -2.31. The highest BCUT2D eigenvalue weighted by Crippen LogP contribution is 2.28. The quantitative estimate of drug-likeness (QED) is 0.714. The summed E-state index contributed by atoms with van der Waals surface area (Å²) >= 11 is 0. The number of pyridine rings is 1. The summed E-state index contributed by atoms with van der Waals surface area (Å²) in [5.41, 5.74) is 6.79. The summed E-state index contributed by atoms with van der Waals surface area (Å²) in [6, 6.07) is 1.49. The standard InChI is InChI=1S/C11H14N2O3/c1-11(2)4-8-6(5-16-11)3-7(10(14)15)9(12)13-8/h3H,4-5H2,1-2H3,(H2,12,13)(H,14,15)/p-1. The van der Waals surface area contributed by atoms with E-state index in [4.69, 9.17) is 10.5 Å². The van der Waals surface area contributed by atoms with E-state index in [0.717, 1.165) is 11.3 Å². The molecule has 0 radical (unpaired) electrons. The van der Waals surface area contributed by atoms with E-state index < -0.39 is 5.97 Å². The zero-order valence-corrected chi connectivity index (χ0v) is 9.24. The molecule has 0 atom stereocenters. The van der Waals surface area contributed by atoms with Crippen LogP contribution in [0, 0.1) is 0 Å². The second-order valence-corrected chi connectivity index (χ2v) is 4.54. The first-order valence-electron chi connectivity index (χ1n) is 5.02. The van der Waals surface area contributed by atoms with Crippen LogP contribution in [0.15, 0.2) is 6.07 Å². The first-order chi connectivity index (χ1) is 7.39. The Balaban J connectivity index is 2.46. The molecule has 1 aromatic rings. The van der Waals surface area contributed by atoms with E-state index in [1.54, 1.807) is 0 Å². The van der Waals surface area contributed by atoms with Crippen molar-refractivity contribution < 1.29 is 14.6 Å². The Bertz CT molecular complexity index is 455. The van der Waals surface area contributed by atoms with E-state index in [9.17, 15) is 9.90 Å². The van der Waals surface area contributed by atoms with Gasteiger partial charge in [-0.1, -0.05) is 0 Å². The molecule has 0 unspecified atom stereocenters. The van der Waals surface area contributed by atoms with Gasteiger partial charge in [-0.3, -0.25) is 0 Å². The molecule has 0 amide bonds. The van der Waals surface area contributed by atoms with Gasteiger partial charge < -0.3 is 20.4 Å². The Hall–Kier alpha value is -1.62. The maximum Gasteiger partial charge on any atom is 0.132 e. The molecule has 0 fully saturated rings. The van der Waals surface area contributed by atoms with Crippen molar-refractivity contribution in [2.75, 3.05) is 5.73 Å². The van der Waals surface area contributed by atoms with E-state index in [-0.39, 0.29) is 17.0 Å². The minimum Gasteiger partial charge on any atom is -0.545 e. The fourth-order valence-corrected chi connectivity index (χ4v) is 1.78. The van der Waals surface area contributed by atoms with E-state index in [1.807, 2.05) is 13.8 Å². The van der Waals surface area contributed by atoms with Gasteiger partial charge in [-0.05, 0) is 19.9 Å². The molecule has 0 aliphatic carbocycles. The fourth-order valence-electron chi connectivity index (χ4n) is 1.78. The van der Waals surface area contributed by atoms with Crippen molar-refractivity contribution in [1.82, 2.24) is 4.98 Å². The number of hydrogen-bond donors (Lipinski definition) is 1. The maximum atomic E-state index is 10.8. The summed E-state index contributed by atoms with van der Waals surface area (Å²) in [5.74, 6) is -1.30. The lowest BCUT2D eigenvalue weighted by molar-refractivity contribution is -0.254. The lowest BCUT2D eigenvalue weighted by atomic mass is 9.95. The average Bonchev–Trinajstić information content (AvgIpc) is 2.14. The van der Waals surface area contributed by atoms with Crippen LogP contribution in [0.2, 0.25) is 0 Å². The number of rotatable bonds is 1. The molecule has 1 aliphatic heterocycles. The third kappa shape index (κ3) is 1.86. The minimum atomic E-state index is -1.31. The largest absolute Gasteiger partial charge is 0.545 e. The minimum absolute atomic E-state index is 0.0106. The van der Waals surface area contributed by atoms with Crippen LogP contribution in [-0.4, -0.2) is 16.6 Å². The van der Waals surface area contributed by atoms with Gasteiger partial charge in [0, 0.05) is 17.5 Å². The monoisotopic (exact) mass is 221 g/mol. The third-order valence-corrected chi connectivity index (χ3v) is 2.65. The number of ether oxygens (including phenoxy) is 1. The lowest BCUT2D eigenvalue weighted by Crippen LogP contribution is -2.33. The number of anilines is 1. The van der Waals surface area contributed by atoms with Gasteiger partial charge in [0.1, 0.15) is 5.82 Å². The Morgan fingerprint density at radius 1 is 1.62 bits per heavy atom. The second-order valence-electron chi connectivity index (χ2n) is 4.54. The van der Waals surface area contributed by atoms with Crippen molar-refractivity contribution in [3.63, 3.8) is 0 Å². The molecule has 86 valence electrons. The number of hydrogen-bond acceptors (Lipinski definition) is 5. The molecule has 0 spiro atoms. The number of carbonyl (C=O) groups excluding carboxylic acids is 1. The van der Waals surface area contributed by atoms with Crippen LogP contribution < -0.4 is 10.8 Å². The molecule has 0 saturated carbocycles. The predicted molar refractivity (Wildman–Crippen MR) is 55.6 cm³/mol. The first kappa shape index (κ1) is 10.9. The van der Waals surface area contributed by atoms with E-state index in [0.29, 0.717) is 13.0 Å². The van der Waals surface area contributed by atoms with Crippen LogP contribution in [0.3, 0.4) is 0 Å². The van der Waals surface area contributed by atoms with Crippen LogP contribution in [0.25, 0.3) is 0 Å². The number of aromatic carboxylic acids is 1. The summed E-state index contributed by atoms with van der Waals surface area (Å²) in [6.45, 7) is 4.27. The molecular weight excluding hydrogens is 208 g/mol. The van der Waals surface area contributed by atoms with Crippen molar-refractivity contribution in [2.24, 2.45) is 0 Å². The molecule has 2 rings (SSSR count). The predicted octanol–water partition coefficient (Wildman–Crippen LogP) is -0.121. The number of carboxylic acids is 1. The molecule has 2 N–H and O–H groups in total. The van der Waals surface area contributed by atoms with Crippen molar-refractivity contribution in [3.8, 4) is 0 Å². The highest BCUT2D eigenvalue weighted by Gasteiger charge is 2.27. The third-order valence-electron chi connectivity index (χ3n) is 2.65. The highest BCUT2D eigenvalue weighted by molar-refractivity contribution is 5.91. The number of nitrogens with two attached hydrogens (primary N) is 1. The number of nitrogens with zero attached hydrogens (tertiary/aromatic N) is 1. The van der Waals surface area contributed by atoms with Crippen molar-refractivity contribution in [3.05, 3.63) is 22.9 Å². The number of fused-ring (bicyclic) bond motifs is 1. The first-order valence-corrected chi connectivity index (χ1v) is 5.02. The number of carboxylic acid groups (broad SMARTS) is 1. The van der Waals surface area contributed by atoms with Crippen molar-refractivity contribution in [1.29, 1.82) is 0 Å². The zero-order valence-electron chi connectivity index (χ0n) is 9.24. The maximum absolute atomic E-state index is 10.8. The van der Waals surface area contributed by atoms with Gasteiger partial charge in [0.25, 0.3) is 0 Å².